The van der Waals surface area contributed by atoms with E-state index in [0.29, 0.717) is 24.3 Å². The summed E-state index contributed by atoms with van der Waals surface area (Å²) in [6.45, 7) is 4.17. The van der Waals surface area contributed by atoms with Crippen molar-refractivity contribution in [2.24, 2.45) is 5.92 Å². The minimum Gasteiger partial charge on any atom is -0.483 e. The van der Waals surface area contributed by atoms with Gasteiger partial charge in [0.15, 0.2) is 10.9 Å². The van der Waals surface area contributed by atoms with Gasteiger partial charge in [0.1, 0.15) is 23.7 Å². The number of carbonyl (C=O) groups is 2. The second-order valence-corrected chi connectivity index (χ2v) is 9.30. The van der Waals surface area contributed by atoms with Crippen molar-refractivity contribution in [1.82, 2.24) is 14.8 Å². The van der Waals surface area contributed by atoms with Gasteiger partial charge in [-0.15, -0.1) is 0 Å². The van der Waals surface area contributed by atoms with E-state index in [1.807, 2.05) is 6.92 Å². The molecule has 0 saturated heterocycles. The fraction of sp³-hybridized carbons (Fsp3) is 0.619. The maximum absolute atomic E-state index is 12.1. The summed E-state index contributed by atoms with van der Waals surface area (Å²) in [5.41, 5.74) is 2.89. The highest BCUT2D eigenvalue weighted by molar-refractivity contribution is 7.19. The smallest absolute Gasteiger partial charge is 0.308 e. The van der Waals surface area contributed by atoms with Crippen molar-refractivity contribution in [3.63, 3.8) is 0 Å². The summed E-state index contributed by atoms with van der Waals surface area (Å²) >= 11 is 1.48. The summed E-state index contributed by atoms with van der Waals surface area (Å²) < 4.78 is 13.5. The van der Waals surface area contributed by atoms with Crippen LogP contribution in [-0.2, 0) is 20.9 Å². The van der Waals surface area contributed by atoms with E-state index in [0.717, 1.165) is 66.2 Å². The first-order chi connectivity index (χ1) is 14.5. The summed E-state index contributed by atoms with van der Waals surface area (Å²) in [6.07, 6.45) is 5.68. The molecule has 2 aromatic rings. The zero-order valence-electron chi connectivity index (χ0n) is 17.3. The van der Waals surface area contributed by atoms with Gasteiger partial charge in [-0.25, -0.2) is 4.98 Å². The van der Waals surface area contributed by atoms with Gasteiger partial charge in [-0.05, 0) is 45.4 Å². The van der Waals surface area contributed by atoms with Gasteiger partial charge in [0.2, 0.25) is 5.91 Å². The monoisotopic (exact) mass is 430 g/mol. The molecule has 2 aromatic heterocycles. The van der Waals surface area contributed by atoms with Crippen LogP contribution in [0.25, 0.3) is 10.6 Å². The van der Waals surface area contributed by atoms with Gasteiger partial charge in [-0.2, -0.15) is 5.10 Å². The number of nitrogens with zero attached hydrogens (tertiary/aromatic N) is 3. The molecule has 2 fully saturated rings. The number of anilines is 1. The van der Waals surface area contributed by atoms with Crippen LogP contribution in [0, 0.1) is 5.92 Å². The number of thiazole rings is 1. The zero-order valence-corrected chi connectivity index (χ0v) is 18.1. The predicted molar refractivity (Wildman–Crippen MR) is 112 cm³/mol. The molecule has 5 rings (SSSR count). The molecule has 3 heterocycles. The molecule has 0 unspecified atom stereocenters. The molecule has 0 atom stereocenters. The van der Waals surface area contributed by atoms with E-state index in [4.69, 9.17) is 14.6 Å². The molecular formula is C21H26N4O4S. The standard InChI is InChI=1S/C21H26N4O4S/c1-3-28-20(27)13-6-8-14(9-7-13)25-17-18(16(24-25)12-4-5-12)29-10-15-19(17)30-21(23-15)22-11(2)26/h12-14H,3-10H2,1-2H3,(H,22,23,26). The highest BCUT2D eigenvalue weighted by atomic mass is 32.1. The van der Waals surface area contributed by atoms with Crippen LogP contribution in [0.1, 0.15) is 75.7 Å². The van der Waals surface area contributed by atoms with Crippen molar-refractivity contribution in [3.8, 4) is 16.3 Å². The van der Waals surface area contributed by atoms with E-state index in [1.54, 1.807) is 0 Å². The molecule has 1 aliphatic heterocycles. The first-order valence-corrected chi connectivity index (χ1v) is 11.6. The number of carbonyl (C=O) groups excluding carboxylic acids is 2. The molecule has 160 valence electrons. The molecule has 30 heavy (non-hydrogen) atoms. The summed E-state index contributed by atoms with van der Waals surface area (Å²) in [6, 6.07) is 0.220. The van der Waals surface area contributed by atoms with Gasteiger partial charge < -0.3 is 14.8 Å². The Balaban J connectivity index is 1.46. The Hall–Kier alpha value is -2.42. The molecule has 0 bridgehead atoms. The Morgan fingerprint density at radius 3 is 2.67 bits per heavy atom. The maximum Gasteiger partial charge on any atom is 0.308 e. The molecule has 9 heteroatoms. The Kier molecular flexibility index (Phi) is 5.00. The summed E-state index contributed by atoms with van der Waals surface area (Å²) in [7, 11) is 0. The minimum atomic E-state index is -0.133. The lowest BCUT2D eigenvalue weighted by Crippen LogP contribution is -2.26. The van der Waals surface area contributed by atoms with Crippen LogP contribution in [0.5, 0.6) is 5.75 Å². The first kappa shape index (κ1) is 19.5. The number of esters is 1. The number of hydrogen-bond donors (Lipinski definition) is 1. The highest BCUT2D eigenvalue weighted by Gasteiger charge is 2.39. The van der Waals surface area contributed by atoms with E-state index in [-0.39, 0.29) is 23.8 Å². The Morgan fingerprint density at radius 2 is 2.00 bits per heavy atom. The SMILES string of the molecule is CCOC(=O)C1CCC(n2nc(C3CC3)c3c2-c2sc(NC(C)=O)nc2CO3)CC1. The van der Waals surface area contributed by atoms with Crippen LogP contribution in [0.2, 0.25) is 0 Å². The van der Waals surface area contributed by atoms with Gasteiger partial charge in [0.25, 0.3) is 0 Å². The second kappa shape index (κ2) is 7.68. The molecule has 8 nitrogen and oxygen atoms in total. The average Bonchev–Trinajstić information content (AvgIpc) is 3.37. The molecular weight excluding hydrogens is 404 g/mol. The van der Waals surface area contributed by atoms with Crippen LogP contribution >= 0.6 is 11.3 Å². The number of nitrogens with one attached hydrogen (secondary N) is 1. The van der Waals surface area contributed by atoms with E-state index < -0.39 is 0 Å². The van der Waals surface area contributed by atoms with Crippen LogP contribution in [0.3, 0.4) is 0 Å². The van der Waals surface area contributed by atoms with E-state index >= 15 is 0 Å². The van der Waals surface area contributed by atoms with Crippen LogP contribution in [0.15, 0.2) is 0 Å². The molecule has 3 aliphatic rings. The lowest BCUT2D eigenvalue weighted by Gasteiger charge is -2.28. The number of rotatable bonds is 5. The van der Waals surface area contributed by atoms with Crippen LogP contribution < -0.4 is 10.1 Å². The normalized spacial score (nSPS) is 22.6. The fourth-order valence-electron chi connectivity index (χ4n) is 4.47. The van der Waals surface area contributed by atoms with Gasteiger partial charge in [0.05, 0.1) is 23.4 Å². The third-order valence-electron chi connectivity index (χ3n) is 6.07. The summed E-state index contributed by atoms with van der Waals surface area (Å²) in [5, 5.41) is 8.41. The van der Waals surface area contributed by atoms with Gasteiger partial charge in [-0.3, -0.25) is 14.3 Å². The molecule has 0 radical (unpaired) electrons. The Bertz CT molecular complexity index is 986. The van der Waals surface area contributed by atoms with E-state index in [2.05, 4.69) is 15.0 Å². The molecule has 0 spiro atoms. The van der Waals surface area contributed by atoms with Crippen LogP contribution in [0.4, 0.5) is 5.13 Å². The van der Waals surface area contributed by atoms with Crippen molar-refractivity contribution in [1.29, 1.82) is 0 Å². The van der Waals surface area contributed by atoms with E-state index in [1.165, 1.54) is 18.3 Å². The molecule has 1 N–H and O–H groups in total. The molecule has 2 aliphatic carbocycles. The minimum absolute atomic E-state index is 0.0166. The van der Waals surface area contributed by atoms with Crippen molar-refractivity contribution >= 4 is 28.3 Å². The van der Waals surface area contributed by atoms with Crippen molar-refractivity contribution in [2.45, 2.75) is 70.9 Å². The maximum atomic E-state index is 12.1. The summed E-state index contributed by atoms with van der Waals surface area (Å²) in [4.78, 5) is 29.2. The second-order valence-electron chi connectivity index (χ2n) is 8.30. The molecule has 0 aromatic carbocycles. The first-order valence-electron chi connectivity index (χ1n) is 10.7. The average molecular weight is 431 g/mol. The Morgan fingerprint density at radius 1 is 1.23 bits per heavy atom. The largest absolute Gasteiger partial charge is 0.483 e. The zero-order chi connectivity index (χ0) is 20.8. The number of aromatic nitrogens is 3. The lowest BCUT2D eigenvalue weighted by atomic mass is 9.86. The quantitative estimate of drug-likeness (QED) is 0.720. The van der Waals surface area contributed by atoms with Crippen molar-refractivity contribution in [2.75, 3.05) is 11.9 Å². The van der Waals surface area contributed by atoms with Gasteiger partial charge in [0, 0.05) is 12.8 Å². The Labute approximate surface area is 179 Å². The molecule has 2 saturated carbocycles. The number of amides is 1. The van der Waals surface area contributed by atoms with Crippen molar-refractivity contribution in [3.05, 3.63) is 11.4 Å². The van der Waals surface area contributed by atoms with Gasteiger partial charge >= 0.3 is 5.97 Å². The molecule has 1 amide bonds. The fourth-order valence-corrected chi connectivity index (χ4v) is 5.52. The number of hydrogen-bond acceptors (Lipinski definition) is 7. The summed E-state index contributed by atoms with van der Waals surface area (Å²) in [5.74, 6) is 1.13. The predicted octanol–water partition coefficient (Wildman–Crippen LogP) is 4.03. The van der Waals surface area contributed by atoms with E-state index in [9.17, 15) is 9.59 Å². The third kappa shape index (κ3) is 3.49. The lowest BCUT2D eigenvalue weighted by molar-refractivity contribution is -0.149. The number of ether oxygens (including phenoxy) is 2. The topological polar surface area (TPSA) is 95.3 Å². The third-order valence-corrected chi connectivity index (χ3v) is 7.09. The number of fused-ring (bicyclic) bond motifs is 3. The highest BCUT2D eigenvalue weighted by Crippen LogP contribution is 2.52. The van der Waals surface area contributed by atoms with Crippen molar-refractivity contribution < 1.29 is 19.1 Å². The van der Waals surface area contributed by atoms with Gasteiger partial charge in [-0.1, -0.05) is 11.3 Å². The van der Waals surface area contributed by atoms with Crippen LogP contribution in [-0.4, -0.2) is 33.2 Å².